The Morgan fingerprint density at radius 2 is 1.24 bits per heavy atom. The lowest BCUT2D eigenvalue weighted by Gasteiger charge is -2.36. The predicted molar refractivity (Wildman–Crippen MR) is 92.2 cm³/mol. The van der Waals surface area contributed by atoms with Gasteiger partial charge >= 0.3 is 0 Å². The molecular formula is C19H34ClN. The summed E-state index contributed by atoms with van der Waals surface area (Å²) in [4.78, 5) is 0. The molecule has 0 unspecified atom stereocenters. The first-order chi connectivity index (χ1) is 9.79. The number of para-hydroxylation sites is 1. The van der Waals surface area contributed by atoms with Crippen LogP contribution >= 0.6 is 0 Å². The summed E-state index contributed by atoms with van der Waals surface area (Å²) in [6, 6.07) is 11.1. The largest absolute Gasteiger partial charge is 1.00 e. The second-order valence-electron chi connectivity index (χ2n) is 5.96. The van der Waals surface area contributed by atoms with Crippen LogP contribution in [0.25, 0.3) is 0 Å². The van der Waals surface area contributed by atoms with Crippen molar-refractivity contribution in [3.8, 4) is 0 Å². The summed E-state index contributed by atoms with van der Waals surface area (Å²) in [5.41, 5.74) is 1.49. The Hall–Kier alpha value is -0.530. The Bertz CT molecular complexity index is 333. The van der Waals surface area contributed by atoms with E-state index in [0.717, 1.165) is 4.48 Å². The summed E-state index contributed by atoms with van der Waals surface area (Å²) in [5, 5.41) is 0. The minimum absolute atomic E-state index is 0. The minimum atomic E-state index is 0. The molecule has 0 heterocycles. The quantitative estimate of drug-likeness (QED) is 0.435. The van der Waals surface area contributed by atoms with Crippen molar-refractivity contribution in [2.45, 2.75) is 65.7 Å². The average molecular weight is 312 g/mol. The Balaban J connectivity index is 0.00000400. The number of nitrogens with zero attached hydrogens (tertiary/aromatic N) is 1. The van der Waals surface area contributed by atoms with Crippen LogP contribution in [0.4, 0.5) is 5.69 Å². The molecule has 1 nitrogen and oxygen atoms in total. The van der Waals surface area contributed by atoms with Crippen LogP contribution in [-0.4, -0.2) is 19.6 Å². The molecule has 0 N–H and O–H groups in total. The van der Waals surface area contributed by atoms with Gasteiger partial charge in [-0.15, -0.1) is 0 Å². The monoisotopic (exact) mass is 311 g/mol. The third kappa shape index (κ3) is 6.84. The normalized spacial score (nSPS) is 11.2. The maximum absolute atomic E-state index is 2.33. The van der Waals surface area contributed by atoms with Crippen LogP contribution in [0.1, 0.15) is 65.7 Å². The Morgan fingerprint density at radius 3 is 1.76 bits per heavy atom. The highest BCUT2D eigenvalue weighted by Gasteiger charge is 2.25. The fourth-order valence-corrected chi connectivity index (χ4v) is 3.15. The maximum Gasteiger partial charge on any atom is 0.132 e. The molecule has 0 saturated heterocycles. The summed E-state index contributed by atoms with van der Waals surface area (Å²) in [7, 11) is 0. The zero-order valence-electron chi connectivity index (χ0n) is 14.3. The summed E-state index contributed by atoms with van der Waals surface area (Å²) in [6.45, 7) is 10.7. The van der Waals surface area contributed by atoms with Crippen LogP contribution in [0.15, 0.2) is 30.3 Å². The predicted octanol–water partition coefficient (Wildman–Crippen LogP) is 2.79. The average Bonchev–Trinajstić information content (AvgIpc) is 2.52. The number of benzene rings is 1. The van der Waals surface area contributed by atoms with E-state index < -0.39 is 0 Å². The molecule has 0 aliphatic heterocycles. The van der Waals surface area contributed by atoms with Crippen molar-refractivity contribution in [2.24, 2.45) is 0 Å². The second kappa shape index (κ2) is 12.1. The highest BCUT2D eigenvalue weighted by Crippen LogP contribution is 2.23. The molecule has 0 aromatic heterocycles. The summed E-state index contributed by atoms with van der Waals surface area (Å²) in [5.74, 6) is 0. The van der Waals surface area contributed by atoms with Gasteiger partial charge in [0.1, 0.15) is 5.69 Å². The standard InChI is InChI=1S/C19H34N.ClH/c1-4-7-8-9-10-11-15-18-20(5-2,6-3)19-16-13-12-14-17-19;/h12-14,16-17H,4-11,15,18H2,1-3H3;1H/q+1;/p-1. The first kappa shape index (κ1) is 20.5. The van der Waals surface area contributed by atoms with E-state index in [1.807, 2.05) is 0 Å². The maximum atomic E-state index is 2.33. The molecule has 0 amide bonds. The van der Waals surface area contributed by atoms with Crippen molar-refractivity contribution >= 4 is 5.69 Å². The number of unbranched alkanes of at least 4 members (excludes halogenated alkanes) is 6. The van der Waals surface area contributed by atoms with Gasteiger partial charge in [0.15, 0.2) is 0 Å². The molecule has 1 rings (SSSR count). The van der Waals surface area contributed by atoms with E-state index in [9.17, 15) is 0 Å². The number of halogens is 1. The molecule has 2 heteroatoms. The van der Waals surface area contributed by atoms with Gasteiger partial charge in [-0.1, -0.05) is 57.2 Å². The minimum Gasteiger partial charge on any atom is -1.00 e. The summed E-state index contributed by atoms with van der Waals surface area (Å²) in [6.07, 6.45) is 9.79. The van der Waals surface area contributed by atoms with Crippen molar-refractivity contribution < 1.29 is 12.4 Å². The van der Waals surface area contributed by atoms with E-state index in [-0.39, 0.29) is 12.4 Å². The van der Waals surface area contributed by atoms with E-state index >= 15 is 0 Å². The van der Waals surface area contributed by atoms with Crippen LogP contribution in [0.2, 0.25) is 0 Å². The molecule has 0 fully saturated rings. The van der Waals surface area contributed by atoms with Crippen LogP contribution in [0, 0.1) is 0 Å². The molecule has 0 atom stereocenters. The van der Waals surface area contributed by atoms with E-state index in [4.69, 9.17) is 0 Å². The number of hydrogen-bond acceptors (Lipinski definition) is 0. The third-order valence-corrected chi connectivity index (χ3v) is 4.70. The fourth-order valence-electron chi connectivity index (χ4n) is 3.15. The van der Waals surface area contributed by atoms with Gasteiger partial charge in [0.25, 0.3) is 0 Å². The number of quaternary nitrogens is 1. The molecular weight excluding hydrogens is 278 g/mol. The second-order valence-corrected chi connectivity index (χ2v) is 5.96. The highest BCUT2D eigenvalue weighted by molar-refractivity contribution is 5.42. The van der Waals surface area contributed by atoms with E-state index in [1.165, 1.54) is 70.3 Å². The lowest BCUT2D eigenvalue weighted by molar-refractivity contribution is -0.00000439. The molecule has 1 aromatic rings. The van der Waals surface area contributed by atoms with Crippen LogP contribution in [0.3, 0.4) is 0 Å². The molecule has 0 spiro atoms. The van der Waals surface area contributed by atoms with Crippen molar-refractivity contribution in [1.82, 2.24) is 4.48 Å². The molecule has 0 aliphatic rings. The van der Waals surface area contributed by atoms with E-state index in [0.29, 0.717) is 0 Å². The highest BCUT2D eigenvalue weighted by atomic mass is 35.5. The van der Waals surface area contributed by atoms with Gasteiger partial charge in [-0.3, -0.25) is 4.48 Å². The Morgan fingerprint density at radius 1 is 0.714 bits per heavy atom. The van der Waals surface area contributed by atoms with Gasteiger partial charge < -0.3 is 12.4 Å². The summed E-state index contributed by atoms with van der Waals surface area (Å²) >= 11 is 0. The Labute approximate surface area is 138 Å². The van der Waals surface area contributed by atoms with Gasteiger partial charge in [-0.05, 0) is 38.8 Å². The van der Waals surface area contributed by atoms with Crippen LogP contribution < -0.4 is 16.9 Å². The molecule has 122 valence electrons. The fraction of sp³-hybridized carbons (Fsp3) is 0.684. The van der Waals surface area contributed by atoms with E-state index in [1.54, 1.807) is 0 Å². The van der Waals surface area contributed by atoms with Gasteiger partial charge in [0.2, 0.25) is 0 Å². The molecule has 0 aliphatic carbocycles. The van der Waals surface area contributed by atoms with Crippen molar-refractivity contribution in [3.63, 3.8) is 0 Å². The van der Waals surface area contributed by atoms with Gasteiger partial charge in [0, 0.05) is 0 Å². The lowest BCUT2D eigenvalue weighted by atomic mass is 10.1. The Kier molecular flexibility index (Phi) is 11.8. The molecule has 0 radical (unpaired) electrons. The molecule has 0 saturated carbocycles. The first-order valence-corrected chi connectivity index (χ1v) is 8.70. The van der Waals surface area contributed by atoms with Gasteiger partial charge in [0.05, 0.1) is 19.6 Å². The van der Waals surface area contributed by atoms with Gasteiger partial charge in [-0.2, -0.15) is 0 Å². The van der Waals surface area contributed by atoms with Crippen molar-refractivity contribution in [1.29, 1.82) is 0 Å². The van der Waals surface area contributed by atoms with Crippen molar-refractivity contribution in [2.75, 3.05) is 19.6 Å². The SMILES string of the molecule is CCCCCCCCC[N+](CC)(CC)c1ccccc1.[Cl-]. The van der Waals surface area contributed by atoms with Gasteiger partial charge in [-0.25, -0.2) is 0 Å². The number of hydrogen-bond donors (Lipinski definition) is 0. The summed E-state index contributed by atoms with van der Waals surface area (Å²) < 4.78 is 1.15. The first-order valence-electron chi connectivity index (χ1n) is 8.70. The van der Waals surface area contributed by atoms with E-state index in [2.05, 4.69) is 51.1 Å². The molecule has 21 heavy (non-hydrogen) atoms. The zero-order chi connectivity index (χ0) is 14.7. The molecule has 1 aromatic carbocycles. The van der Waals surface area contributed by atoms with Crippen LogP contribution in [0.5, 0.6) is 0 Å². The topological polar surface area (TPSA) is 0 Å². The zero-order valence-corrected chi connectivity index (χ0v) is 15.0. The lowest BCUT2D eigenvalue weighted by Crippen LogP contribution is -3.00. The smallest absolute Gasteiger partial charge is 0.132 e. The van der Waals surface area contributed by atoms with Crippen LogP contribution in [-0.2, 0) is 0 Å². The number of rotatable bonds is 11. The van der Waals surface area contributed by atoms with Crippen molar-refractivity contribution in [3.05, 3.63) is 30.3 Å². The molecule has 0 bridgehead atoms. The third-order valence-electron chi connectivity index (χ3n) is 4.70.